The number of hydrogen-bond acceptors (Lipinski definition) is 10. The Hall–Kier alpha value is -6.63. The molecule has 2 amide bonds. The van der Waals surface area contributed by atoms with Gasteiger partial charge >= 0.3 is 0 Å². The largest absolute Gasteiger partial charge is 0.339 e. The molecule has 18 heteroatoms. The molecule has 0 aliphatic carbocycles. The zero-order valence-corrected chi connectivity index (χ0v) is 43.6. The first-order valence-corrected chi connectivity index (χ1v) is 28.2. The molecule has 0 unspecified atom stereocenters. The molecule has 4 aromatic carbocycles. The quantitative estimate of drug-likeness (QED) is 0.0943. The average Bonchev–Trinajstić information content (AvgIpc) is 4.13. The molecule has 0 saturated carbocycles. The topological polar surface area (TPSA) is 205 Å². The molecule has 2 aromatic heterocycles. The van der Waals surface area contributed by atoms with E-state index >= 15 is 0 Å². The Balaban J connectivity index is 0.000000177. The molecule has 0 spiro atoms. The van der Waals surface area contributed by atoms with Gasteiger partial charge in [-0.1, -0.05) is 87.5 Å². The number of hydrogen-bond donors (Lipinski definition) is 3. The number of carbonyl (C=O) groups is 2. The van der Waals surface area contributed by atoms with Crippen molar-refractivity contribution in [1.82, 2.24) is 19.8 Å². The van der Waals surface area contributed by atoms with Crippen molar-refractivity contribution in [2.24, 2.45) is 0 Å². The highest BCUT2D eigenvalue weighted by Gasteiger charge is 2.30. The molecule has 2 aliphatic rings. The van der Waals surface area contributed by atoms with Crippen molar-refractivity contribution in [3.05, 3.63) is 166 Å². The zero-order chi connectivity index (χ0) is 51.3. The van der Waals surface area contributed by atoms with Gasteiger partial charge in [0.15, 0.2) is 0 Å². The first kappa shape index (κ1) is 53.7. The van der Waals surface area contributed by atoms with Crippen molar-refractivity contribution in [3.63, 3.8) is 0 Å². The SMILES string of the molecule is CCc1cccc(C)c1NS(=O)(=O)c1ccccc1C(=O)N1CCCC1.CCc1cccc(C)c1NS(=O)(=O)c1cccnc1.CCc1cccc(C)c1NS(=O)(=O)c1cnccc1C(=O)N1CCCC1. The van der Waals surface area contributed by atoms with Crippen LogP contribution in [-0.4, -0.2) is 83.0 Å². The van der Waals surface area contributed by atoms with E-state index in [1.165, 1.54) is 36.8 Å². The third kappa shape index (κ3) is 13.2. The van der Waals surface area contributed by atoms with Crippen molar-refractivity contribution in [1.29, 1.82) is 0 Å². The summed E-state index contributed by atoms with van der Waals surface area (Å²) < 4.78 is 84.8. The number of amides is 2. The normalized spacial score (nSPS) is 13.6. The summed E-state index contributed by atoms with van der Waals surface area (Å²) in [4.78, 5) is 36.9. The minimum absolute atomic E-state index is 0.0298. The number of carbonyl (C=O) groups excluding carboxylic acids is 2. The lowest BCUT2D eigenvalue weighted by atomic mass is 10.1. The van der Waals surface area contributed by atoms with E-state index in [1.807, 2.05) is 96.1 Å². The smallest absolute Gasteiger partial charge is 0.264 e. The lowest BCUT2D eigenvalue weighted by molar-refractivity contribution is 0.0781. The van der Waals surface area contributed by atoms with Crippen molar-refractivity contribution in [2.75, 3.05) is 40.3 Å². The van der Waals surface area contributed by atoms with Gasteiger partial charge in [0.25, 0.3) is 41.9 Å². The highest BCUT2D eigenvalue weighted by Crippen LogP contribution is 2.29. The number of para-hydroxylation sites is 3. The molecule has 2 aliphatic heterocycles. The molecule has 2 fully saturated rings. The fraction of sp³-hybridized carbons (Fsp3) is 0.321. The van der Waals surface area contributed by atoms with Crippen LogP contribution in [0.4, 0.5) is 17.1 Å². The number of nitrogens with one attached hydrogen (secondary N) is 3. The zero-order valence-electron chi connectivity index (χ0n) is 41.1. The van der Waals surface area contributed by atoms with Crippen LogP contribution < -0.4 is 14.2 Å². The average molecular weight is 1020 g/mol. The van der Waals surface area contributed by atoms with E-state index in [9.17, 15) is 34.8 Å². The van der Waals surface area contributed by atoms with Crippen LogP contribution in [0.3, 0.4) is 0 Å². The second-order valence-corrected chi connectivity index (χ2v) is 22.2. The van der Waals surface area contributed by atoms with Gasteiger partial charge in [-0.3, -0.25) is 33.7 Å². The molecule has 3 N–H and O–H groups in total. The van der Waals surface area contributed by atoms with Crippen LogP contribution in [0.5, 0.6) is 0 Å². The predicted octanol–water partition coefficient (Wildman–Crippen LogP) is 9.34. The molecule has 6 aromatic rings. The Morgan fingerprint density at radius 3 is 1.31 bits per heavy atom. The number of nitrogens with zero attached hydrogens (tertiary/aromatic N) is 4. The summed E-state index contributed by atoms with van der Waals surface area (Å²) in [6.07, 6.45) is 11.6. The Morgan fingerprint density at radius 2 is 0.873 bits per heavy atom. The van der Waals surface area contributed by atoms with Crippen molar-refractivity contribution < 1.29 is 34.8 Å². The van der Waals surface area contributed by atoms with E-state index in [0.29, 0.717) is 56.1 Å². The van der Waals surface area contributed by atoms with Crippen molar-refractivity contribution in [3.8, 4) is 0 Å². The fourth-order valence-corrected chi connectivity index (χ4v) is 12.2. The van der Waals surface area contributed by atoms with Crippen molar-refractivity contribution in [2.45, 2.75) is 101 Å². The highest BCUT2D eigenvalue weighted by molar-refractivity contribution is 7.93. The summed E-state index contributed by atoms with van der Waals surface area (Å²) >= 11 is 0. The predicted molar refractivity (Wildman–Crippen MR) is 279 cm³/mol. The Labute approximate surface area is 419 Å². The molecule has 376 valence electrons. The minimum atomic E-state index is -3.93. The third-order valence-electron chi connectivity index (χ3n) is 12.4. The van der Waals surface area contributed by atoms with Gasteiger partial charge in [0, 0.05) is 51.0 Å². The van der Waals surface area contributed by atoms with Crippen molar-refractivity contribution >= 4 is 58.9 Å². The molecule has 15 nitrogen and oxygen atoms in total. The molecule has 8 rings (SSSR count). The number of aromatic nitrogens is 2. The summed E-state index contributed by atoms with van der Waals surface area (Å²) in [6.45, 7) is 14.2. The van der Waals surface area contributed by atoms with E-state index < -0.39 is 30.1 Å². The number of anilines is 3. The summed E-state index contributed by atoms with van der Waals surface area (Å²) in [5, 5.41) is 0. The van der Waals surface area contributed by atoms with E-state index in [0.717, 1.165) is 65.5 Å². The maximum atomic E-state index is 13.1. The summed E-state index contributed by atoms with van der Waals surface area (Å²) in [5.41, 5.74) is 7.64. The highest BCUT2D eigenvalue weighted by atomic mass is 32.2. The lowest BCUT2D eigenvalue weighted by Gasteiger charge is -2.19. The molecular weight excluding hydrogens is 959 g/mol. The molecule has 0 atom stereocenters. The molecule has 2 saturated heterocycles. The number of benzene rings is 4. The Morgan fingerprint density at radius 1 is 0.465 bits per heavy atom. The molecule has 4 heterocycles. The molecular formula is C53H63N7O8S3. The van der Waals surface area contributed by atoms with Gasteiger partial charge in [-0.2, -0.15) is 0 Å². The van der Waals surface area contributed by atoms with Crippen LogP contribution in [0, 0.1) is 20.8 Å². The fourth-order valence-electron chi connectivity index (χ4n) is 8.42. The Kier molecular flexibility index (Phi) is 18.1. The first-order chi connectivity index (χ1) is 33.9. The molecule has 71 heavy (non-hydrogen) atoms. The number of likely N-dealkylation sites (tertiary alicyclic amines) is 2. The van der Waals surface area contributed by atoms with E-state index in [2.05, 4.69) is 24.1 Å². The van der Waals surface area contributed by atoms with Crippen LogP contribution in [-0.2, 0) is 49.3 Å². The number of aryl methyl sites for hydroxylation is 6. The van der Waals surface area contributed by atoms with Crippen LogP contribution in [0.2, 0.25) is 0 Å². The van der Waals surface area contributed by atoms with Gasteiger partial charge in [0.2, 0.25) is 0 Å². The summed E-state index contributed by atoms with van der Waals surface area (Å²) in [7, 11) is -11.4. The van der Waals surface area contributed by atoms with Gasteiger partial charge in [-0.05, 0) is 129 Å². The maximum Gasteiger partial charge on any atom is 0.264 e. The van der Waals surface area contributed by atoms with Crippen LogP contribution in [0.25, 0.3) is 0 Å². The number of rotatable bonds is 14. The molecule has 0 bridgehead atoms. The van der Waals surface area contributed by atoms with Gasteiger partial charge in [-0.15, -0.1) is 0 Å². The monoisotopic (exact) mass is 1020 g/mol. The number of pyridine rings is 2. The van der Waals surface area contributed by atoms with Gasteiger partial charge in [0.1, 0.15) is 14.7 Å². The van der Waals surface area contributed by atoms with Crippen LogP contribution >= 0.6 is 0 Å². The third-order valence-corrected chi connectivity index (χ3v) is 16.5. The standard InChI is InChI=1S/C20H24N2O3S.C19H23N3O3S.C14H16N2O2S/c1-3-16-10-8-9-15(2)19(16)21-26(24,25)18-12-5-4-11-17(18)20(23)22-13-6-7-14-22;1-3-15-8-6-7-14(2)18(15)21-26(24,25)17-13-20-10-9-16(17)19(23)22-11-4-5-12-22;1-3-12-7-4-6-11(2)14(12)16-19(17,18)13-8-5-9-15-10-13/h4-5,8-12,21H,3,6-7,13-14H2,1-2H3;6-10,13,21H,3-5,11-12H2,1-2H3;4-10,16H,3H2,1-2H3. The number of sulfonamides is 3. The van der Waals surface area contributed by atoms with Gasteiger partial charge < -0.3 is 9.80 Å². The van der Waals surface area contributed by atoms with Crippen LogP contribution in [0.1, 0.15) is 101 Å². The maximum absolute atomic E-state index is 13.1. The second-order valence-electron chi connectivity index (χ2n) is 17.3. The lowest BCUT2D eigenvalue weighted by Crippen LogP contribution is -2.30. The van der Waals surface area contributed by atoms with Gasteiger partial charge in [-0.25, -0.2) is 25.3 Å². The second kappa shape index (κ2) is 24.0. The summed E-state index contributed by atoms with van der Waals surface area (Å²) in [5.74, 6) is -0.477. The van der Waals surface area contributed by atoms with Gasteiger partial charge in [0.05, 0.1) is 28.2 Å². The first-order valence-electron chi connectivity index (χ1n) is 23.8. The van der Waals surface area contributed by atoms with E-state index in [4.69, 9.17) is 0 Å². The summed E-state index contributed by atoms with van der Waals surface area (Å²) in [6, 6.07) is 28.1. The minimum Gasteiger partial charge on any atom is -0.339 e. The van der Waals surface area contributed by atoms with Crippen LogP contribution in [0.15, 0.2) is 137 Å². The Bertz CT molecular complexity index is 3020. The van der Waals surface area contributed by atoms with E-state index in [1.54, 1.807) is 40.3 Å². The molecule has 0 radical (unpaired) electrons. The van der Waals surface area contributed by atoms with E-state index in [-0.39, 0.29) is 37.6 Å².